The molecule has 2 aliphatic rings. The van der Waals surface area contributed by atoms with Crippen LogP contribution in [-0.2, 0) is 4.79 Å². The van der Waals surface area contributed by atoms with Crippen molar-refractivity contribution in [2.24, 2.45) is 0 Å². The van der Waals surface area contributed by atoms with Crippen molar-refractivity contribution in [3.63, 3.8) is 0 Å². The van der Waals surface area contributed by atoms with Gasteiger partial charge in [0.2, 0.25) is 12.7 Å². The van der Waals surface area contributed by atoms with Crippen LogP contribution in [0.15, 0.2) is 23.6 Å². The van der Waals surface area contributed by atoms with Crippen LogP contribution >= 0.6 is 11.3 Å². The van der Waals surface area contributed by atoms with Crippen LogP contribution in [0.4, 0.5) is 5.13 Å². The molecule has 0 bridgehead atoms. The fraction of sp³-hybridized carbons (Fsp3) is 0.389. The predicted molar refractivity (Wildman–Crippen MR) is 100 cm³/mol. The zero-order valence-corrected chi connectivity index (χ0v) is 15.8. The highest BCUT2D eigenvalue weighted by atomic mass is 32.1. The van der Waals surface area contributed by atoms with Gasteiger partial charge in [-0.15, -0.1) is 11.3 Å². The molecule has 2 amide bonds. The Bertz CT molecular complexity index is 861. The molecule has 1 aromatic heterocycles. The number of hydrogen-bond donors (Lipinski definition) is 1. The molecule has 2 aliphatic heterocycles. The van der Waals surface area contributed by atoms with Crippen molar-refractivity contribution >= 4 is 28.3 Å². The SMILES string of the molecule is Cc1csc(NC(=O)CN2CCN(C(=O)c3ccc4c(c3)OCO4)CC2)n1. The van der Waals surface area contributed by atoms with Crippen LogP contribution in [0.2, 0.25) is 0 Å². The fourth-order valence-corrected chi connectivity index (χ4v) is 3.80. The second kappa shape index (κ2) is 7.53. The maximum Gasteiger partial charge on any atom is 0.254 e. The summed E-state index contributed by atoms with van der Waals surface area (Å²) < 4.78 is 10.6. The zero-order chi connectivity index (χ0) is 18.8. The minimum Gasteiger partial charge on any atom is -0.454 e. The summed E-state index contributed by atoms with van der Waals surface area (Å²) >= 11 is 1.42. The van der Waals surface area contributed by atoms with Crippen LogP contribution in [0.25, 0.3) is 0 Å². The minimum absolute atomic E-state index is 0.0318. The molecule has 1 saturated heterocycles. The van der Waals surface area contributed by atoms with Gasteiger partial charge in [-0.2, -0.15) is 0 Å². The Labute approximate surface area is 160 Å². The van der Waals surface area contributed by atoms with E-state index in [0.29, 0.717) is 54.9 Å². The summed E-state index contributed by atoms with van der Waals surface area (Å²) in [6, 6.07) is 5.24. The average molecular weight is 388 g/mol. The number of nitrogens with one attached hydrogen (secondary N) is 1. The van der Waals surface area contributed by atoms with E-state index in [4.69, 9.17) is 9.47 Å². The third-order valence-electron chi connectivity index (χ3n) is 4.51. The number of nitrogens with zero attached hydrogens (tertiary/aromatic N) is 3. The van der Waals surface area contributed by atoms with Crippen molar-refractivity contribution in [2.45, 2.75) is 6.92 Å². The van der Waals surface area contributed by atoms with Gasteiger partial charge in [0.05, 0.1) is 12.2 Å². The molecule has 0 radical (unpaired) electrons. The van der Waals surface area contributed by atoms with Crippen LogP contribution in [0, 0.1) is 6.92 Å². The Hall–Kier alpha value is -2.65. The van der Waals surface area contributed by atoms with Crippen molar-refractivity contribution in [3.05, 3.63) is 34.8 Å². The number of thiazole rings is 1. The lowest BCUT2D eigenvalue weighted by atomic mass is 10.1. The molecule has 4 rings (SSSR count). The lowest BCUT2D eigenvalue weighted by Gasteiger charge is -2.34. The number of piperazine rings is 1. The summed E-state index contributed by atoms with van der Waals surface area (Å²) in [5, 5.41) is 5.33. The zero-order valence-electron chi connectivity index (χ0n) is 14.9. The van der Waals surface area contributed by atoms with E-state index in [1.807, 2.05) is 17.2 Å². The van der Waals surface area contributed by atoms with Gasteiger partial charge in [0.25, 0.3) is 5.91 Å². The molecule has 1 N–H and O–H groups in total. The Morgan fingerprint density at radius 2 is 1.96 bits per heavy atom. The number of fused-ring (bicyclic) bond motifs is 1. The molecule has 9 heteroatoms. The van der Waals surface area contributed by atoms with Gasteiger partial charge in [0.15, 0.2) is 16.6 Å². The molecule has 3 heterocycles. The molecule has 0 unspecified atom stereocenters. The fourth-order valence-electron chi connectivity index (χ4n) is 3.09. The quantitative estimate of drug-likeness (QED) is 0.856. The van der Waals surface area contributed by atoms with E-state index >= 15 is 0 Å². The van der Waals surface area contributed by atoms with E-state index in [2.05, 4.69) is 10.3 Å². The number of benzene rings is 1. The van der Waals surface area contributed by atoms with E-state index in [1.165, 1.54) is 11.3 Å². The first kappa shape index (κ1) is 17.7. The summed E-state index contributed by atoms with van der Waals surface area (Å²) in [6.07, 6.45) is 0. The number of amides is 2. The lowest BCUT2D eigenvalue weighted by Crippen LogP contribution is -2.50. The summed E-state index contributed by atoms with van der Waals surface area (Å²) in [6.45, 7) is 4.84. The molecule has 142 valence electrons. The summed E-state index contributed by atoms with van der Waals surface area (Å²) in [4.78, 5) is 32.9. The van der Waals surface area contributed by atoms with Gasteiger partial charge in [-0.05, 0) is 25.1 Å². The van der Waals surface area contributed by atoms with Crippen LogP contribution in [-0.4, -0.2) is 66.1 Å². The van der Waals surface area contributed by atoms with Crippen molar-refractivity contribution in [1.82, 2.24) is 14.8 Å². The first-order chi connectivity index (χ1) is 13.1. The minimum atomic E-state index is -0.0834. The molecule has 0 aliphatic carbocycles. The third kappa shape index (κ3) is 4.04. The van der Waals surface area contributed by atoms with Crippen LogP contribution in [0.5, 0.6) is 11.5 Å². The van der Waals surface area contributed by atoms with Gasteiger partial charge < -0.3 is 19.7 Å². The molecule has 2 aromatic rings. The number of hydrogen-bond acceptors (Lipinski definition) is 7. The highest BCUT2D eigenvalue weighted by Crippen LogP contribution is 2.32. The molecule has 8 nitrogen and oxygen atoms in total. The van der Waals surface area contributed by atoms with E-state index < -0.39 is 0 Å². The van der Waals surface area contributed by atoms with Gasteiger partial charge in [-0.3, -0.25) is 14.5 Å². The first-order valence-electron chi connectivity index (χ1n) is 8.72. The van der Waals surface area contributed by atoms with E-state index in [-0.39, 0.29) is 18.6 Å². The number of rotatable bonds is 4. The van der Waals surface area contributed by atoms with Gasteiger partial charge >= 0.3 is 0 Å². The van der Waals surface area contributed by atoms with Crippen LogP contribution < -0.4 is 14.8 Å². The Morgan fingerprint density at radius 1 is 1.19 bits per heavy atom. The van der Waals surface area contributed by atoms with Gasteiger partial charge in [0, 0.05) is 37.1 Å². The monoisotopic (exact) mass is 388 g/mol. The van der Waals surface area contributed by atoms with Gasteiger partial charge in [-0.25, -0.2) is 4.98 Å². The second-order valence-corrected chi connectivity index (χ2v) is 7.34. The van der Waals surface area contributed by atoms with Crippen LogP contribution in [0.3, 0.4) is 0 Å². The maximum absolute atomic E-state index is 12.7. The summed E-state index contributed by atoms with van der Waals surface area (Å²) in [5.74, 6) is 1.15. The van der Waals surface area contributed by atoms with E-state index in [9.17, 15) is 9.59 Å². The largest absolute Gasteiger partial charge is 0.454 e. The van der Waals surface area contributed by atoms with Crippen molar-refractivity contribution in [3.8, 4) is 11.5 Å². The Balaban J connectivity index is 1.28. The molecular formula is C18H20N4O4S. The number of aromatic nitrogens is 1. The second-order valence-electron chi connectivity index (χ2n) is 6.48. The van der Waals surface area contributed by atoms with Gasteiger partial charge in [0.1, 0.15) is 0 Å². The molecule has 0 saturated carbocycles. The molecule has 27 heavy (non-hydrogen) atoms. The molecule has 0 spiro atoms. The van der Waals surface area contributed by atoms with Crippen molar-refractivity contribution < 1.29 is 19.1 Å². The summed E-state index contributed by atoms with van der Waals surface area (Å²) in [7, 11) is 0. The van der Waals surface area contributed by atoms with E-state index in [0.717, 1.165) is 5.69 Å². The lowest BCUT2D eigenvalue weighted by molar-refractivity contribution is -0.117. The van der Waals surface area contributed by atoms with Crippen molar-refractivity contribution in [2.75, 3.05) is 44.8 Å². The maximum atomic E-state index is 12.7. The first-order valence-corrected chi connectivity index (χ1v) is 9.60. The number of carbonyl (C=O) groups excluding carboxylic acids is 2. The van der Waals surface area contributed by atoms with Crippen LogP contribution in [0.1, 0.15) is 16.1 Å². The number of anilines is 1. The smallest absolute Gasteiger partial charge is 0.254 e. The highest BCUT2D eigenvalue weighted by Gasteiger charge is 2.25. The molecule has 1 aromatic carbocycles. The Kier molecular flexibility index (Phi) is 4.95. The summed E-state index contributed by atoms with van der Waals surface area (Å²) in [5.41, 5.74) is 1.48. The predicted octanol–water partition coefficient (Wildman–Crippen LogP) is 1.58. The highest BCUT2D eigenvalue weighted by molar-refractivity contribution is 7.13. The van der Waals surface area contributed by atoms with E-state index in [1.54, 1.807) is 23.1 Å². The molecule has 0 atom stereocenters. The van der Waals surface area contributed by atoms with Crippen molar-refractivity contribution in [1.29, 1.82) is 0 Å². The number of ether oxygens (including phenoxy) is 2. The average Bonchev–Trinajstić information content (AvgIpc) is 3.29. The number of aryl methyl sites for hydroxylation is 1. The third-order valence-corrected chi connectivity index (χ3v) is 5.39. The Morgan fingerprint density at radius 3 is 2.70 bits per heavy atom. The van der Waals surface area contributed by atoms with Gasteiger partial charge in [-0.1, -0.05) is 0 Å². The molecule has 1 fully saturated rings. The molecular weight excluding hydrogens is 368 g/mol. The number of carbonyl (C=O) groups is 2. The standard InChI is InChI=1S/C18H20N4O4S/c1-12-10-27-18(19-12)20-16(23)9-21-4-6-22(7-5-21)17(24)13-2-3-14-15(8-13)26-11-25-14/h2-3,8,10H,4-7,9,11H2,1H3,(H,19,20,23). The topological polar surface area (TPSA) is 84.0 Å². The normalized spacial score (nSPS) is 16.4.